The molecule has 2 amide bonds. The van der Waals surface area contributed by atoms with Crippen LogP contribution >= 0.6 is 46.0 Å². The van der Waals surface area contributed by atoms with Gasteiger partial charge in [0.25, 0.3) is 11.1 Å². The number of amides is 2. The van der Waals surface area contributed by atoms with Crippen LogP contribution in [0.4, 0.5) is 4.79 Å². The molecule has 0 N–H and O–H groups in total. The van der Waals surface area contributed by atoms with Crippen LogP contribution in [-0.2, 0) is 20.9 Å². The highest BCUT2D eigenvalue weighted by molar-refractivity contribution is 14.1. The summed E-state index contributed by atoms with van der Waals surface area (Å²) in [6, 6.07) is 10.9. The average Bonchev–Trinajstić information content (AvgIpc) is 3.05. The standard InChI is InChI=1S/C24H23ClINO6S/c1-14(2)12-32-21(28)11-27-23(29)20(34-24(27)30)10-16-8-18(26)22(19(9-16)31-3)33-13-15-4-6-17(25)7-5-15/h4-10,14H,11-13H2,1-3H3/b20-10+. The third kappa shape index (κ3) is 6.89. The summed E-state index contributed by atoms with van der Waals surface area (Å²) in [4.78, 5) is 38.1. The van der Waals surface area contributed by atoms with Crippen LogP contribution in [0.5, 0.6) is 11.5 Å². The molecule has 0 bridgehead atoms. The van der Waals surface area contributed by atoms with Crippen molar-refractivity contribution in [2.24, 2.45) is 5.92 Å². The lowest BCUT2D eigenvalue weighted by molar-refractivity contribution is -0.147. The Hall–Kier alpha value is -2.24. The molecular formula is C24H23ClINO6S. The minimum Gasteiger partial charge on any atom is -0.493 e. The molecule has 2 aromatic rings. The van der Waals surface area contributed by atoms with Gasteiger partial charge in [0.2, 0.25) is 0 Å². The smallest absolute Gasteiger partial charge is 0.326 e. The second-order valence-electron chi connectivity index (χ2n) is 7.79. The zero-order valence-corrected chi connectivity index (χ0v) is 22.5. The summed E-state index contributed by atoms with van der Waals surface area (Å²) in [5.41, 5.74) is 1.61. The van der Waals surface area contributed by atoms with E-state index in [2.05, 4.69) is 22.6 Å². The van der Waals surface area contributed by atoms with Gasteiger partial charge in [0.15, 0.2) is 11.5 Å². The lowest BCUT2D eigenvalue weighted by atomic mass is 10.1. The van der Waals surface area contributed by atoms with E-state index in [1.54, 1.807) is 24.3 Å². The highest BCUT2D eigenvalue weighted by atomic mass is 127. The van der Waals surface area contributed by atoms with E-state index >= 15 is 0 Å². The van der Waals surface area contributed by atoms with Crippen LogP contribution in [0.3, 0.4) is 0 Å². The van der Waals surface area contributed by atoms with Gasteiger partial charge in [-0.3, -0.25) is 19.3 Å². The van der Waals surface area contributed by atoms with E-state index < -0.39 is 23.7 Å². The fourth-order valence-corrected chi connectivity index (χ4v) is 4.67. The number of imide groups is 1. The maximum atomic E-state index is 12.7. The number of carbonyl (C=O) groups excluding carboxylic acids is 3. The number of halogens is 2. The summed E-state index contributed by atoms with van der Waals surface area (Å²) in [7, 11) is 1.53. The summed E-state index contributed by atoms with van der Waals surface area (Å²) in [5, 5.41) is 0.138. The van der Waals surface area contributed by atoms with Gasteiger partial charge < -0.3 is 14.2 Å². The molecule has 180 valence electrons. The van der Waals surface area contributed by atoms with Gasteiger partial charge in [0, 0.05) is 5.02 Å². The maximum Gasteiger partial charge on any atom is 0.326 e. The number of methoxy groups -OCH3 is 1. The number of hydrogen-bond donors (Lipinski definition) is 0. The third-order valence-corrected chi connectivity index (χ3v) is 6.55. The van der Waals surface area contributed by atoms with E-state index in [9.17, 15) is 14.4 Å². The number of thioether (sulfide) groups is 1. The van der Waals surface area contributed by atoms with Crippen LogP contribution < -0.4 is 9.47 Å². The summed E-state index contributed by atoms with van der Waals surface area (Å²) >= 11 is 8.84. The van der Waals surface area contributed by atoms with Crippen molar-refractivity contribution in [3.8, 4) is 11.5 Å². The molecule has 0 aromatic heterocycles. The Morgan fingerprint density at radius 1 is 1.21 bits per heavy atom. The quantitative estimate of drug-likeness (QED) is 0.201. The molecular weight excluding hydrogens is 593 g/mol. The fourth-order valence-electron chi connectivity index (χ4n) is 2.92. The van der Waals surface area contributed by atoms with Gasteiger partial charge in [0.1, 0.15) is 13.2 Å². The molecule has 1 fully saturated rings. The van der Waals surface area contributed by atoms with E-state index in [0.29, 0.717) is 28.7 Å². The predicted octanol–water partition coefficient (Wildman–Crippen LogP) is 5.77. The molecule has 0 saturated carbocycles. The summed E-state index contributed by atoms with van der Waals surface area (Å²) in [5.74, 6) is 0.0679. The number of hydrogen-bond acceptors (Lipinski definition) is 7. The van der Waals surface area contributed by atoms with Crippen molar-refractivity contribution in [2.45, 2.75) is 20.5 Å². The molecule has 1 heterocycles. The molecule has 0 spiro atoms. The summed E-state index contributed by atoms with van der Waals surface area (Å²) < 4.78 is 17.3. The van der Waals surface area contributed by atoms with Gasteiger partial charge in [-0.2, -0.15) is 0 Å². The van der Waals surface area contributed by atoms with Crippen LogP contribution in [0.25, 0.3) is 6.08 Å². The van der Waals surface area contributed by atoms with E-state index in [1.807, 2.05) is 32.0 Å². The molecule has 3 rings (SSSR count). The zero-order valence-electron chi connectivity index (χ0n) is 18.8. The molecule has 34 heavy (non-hydrogen) atoms. The van der Waals surface area contributed by atoms with Gasteiger partial charge in [-0.25, -0.2) is 0 Å². The zero-order chi connectivity index (χ0) is 24.8. The van der Waals surface area contributed by atoms with Crippen molar-refractivity contribution < 1.29 is 28.6 Å². The molecule has 1 aliphatic rings. The number of benzene rings is 2. The fraction of sp³-hybridized carbons (Fsp3) is 0.292. The molecule has 0 atom stereocenters. The minimum absolute atomic E-state index is 0.161. The SMILES string of the molecule is COc1cc(/C=C2/SC(=O)N(CC(=O)OCC(C)C)C2=O)cc(I)c1OCc1ccc(Cl)cc1. The third-order valence-electron chi connectivity index (χ3n) is 4.58. The lowest BCUT2D eigenvalue weighted by Gasteiger charge is -2.14. The van der Waals surface area contributed by atoms with Crippen molar-refractivity contribution in [1.82, 2.24) is 4.90 Å². The number of carbonyl (C=O) groups is 3. The van der Waals surface area contributed by atoms with E-state index in [1.165, 1.54) is 7.11 Å². The molecule has 1 saturated heterocycles. The van der Waals surface area contributed by atoms with E-state index in [0.717, 1.165) is 25.8 Å². The van der Waals surface area contributed by atoms with Gasteiger partial charge in [-0.05, 0) is 81.7 Å². The average molecular weight is 616 g/mol. The van der Waals surface area contributed by atoms with E-state index in [-0.39, 0.29) is 17.4 Å². The van der Waals surface area contributed by atoms with Crippen molar-refractivity contribution >= 4 is 69.1 Å². The summed E-state index contributed by atoms with van der Waals surface area (Å²) in [6.07, 6.45) is 1.60. The van der Waals surface area contributed by atoms with Crippen LogP contribution in [0, 0.1) is 9.49 Å². The summed E-state index contributed by atoms with van der Waals surface area (Å²) in [6.45, 7) is 3.96. The monoisotopic (exact) mass is 615 g/mol. The van der Waals surface area contributed by atoms with Crippen molar-refractivity contribution in [3.63, 3.8) is 0 Å². The van der Waals surface area contributed by atoms with Gasteiger partial charge in [0.05, 0.1) is 22.2 Å². The van der Waals surface area contributed by atoms with E-state index in [4.69, 9.17) is 25.8 Å². The molecule has 0 unspecified atom stereocenters. The normalized spacial score (nSPS) is 14.8. The van der Waals surface area contributed by atoms with Crippen LogP contribution in [0.15, 0.2) is 41.3 Å². The Labute approximate surface area is 220 Å². The molecule has 7 nitrogen and oxygen atoms in total. The highest BCUT2D eigenvalue weighted by Crippen LogP contribution is 2.37. The topological polar surface area (TPSA) is 82.1 Å². The first kappa shape index (κ1) is 26.4. The van der Waals surface area contributed by atoms with Crippen LogP contribution in [0.2, 0.25) is 5.02 Å². The van der Waals surface area contributed by atoms with Crippen molar-refractivity contribution in [3.05, 3.63) is 61.0 Å². The van der Waals surface area contributed by atoms with Crippen molar-refractivity contribution in [2.75, 3.05) is 20.3 Å². The Balaban J connectivity index is 1.74. The maximum absolute atomic E-state index is 12.7. The lowest BCUT2D eigenvalue weighted by Crippen LogP contribution is -2.34. The molecule has 1 aliphatic heterocycles. The second kappa shape index (κ2) is 11.9. The minimum atomic E-state index is -0.615. The van der Waals surface area contributed by atoms with Crippen LogP contribution in [0.1, 0.15) is 25.0 Å². The molecule has 0 aliphatic carbocycles. The molecule has 2 aromatic carbocycles. The second-order valence-corrected chi connectivity index (χ2v) is 10.4. The molecule has 10 heteroatoms. The number of esters is 1. The Bertz CT molecular complexity index is 1120. The first-order valence-corrected chi connectivity index (χ1v) is 12.6. The first-order valence-electron chi connectivity index (χ1n) is 10.3. The van der Waals surface area contributed by atoms with Gasteiger partial charge >= 0.3 is 5.97 Å². The number of ether oxygens (including phenoxy) is 3. The van der Waals surface area contributed by atoms with Gasteiger partial charge in [-0.15, -0.1) is 0 Å². The molecule has 0 radical (unpaired) electrons. The van der Waals surface area contributed by atoms with Crippen LogP contribution in [-0.4, -0.2) is 42.3 Å². The van der Waals surface area contributed by atoms with Gasteiger partial charge in [-0.1, -0.05) is 37.6 Å². The Morgan fingerprint density at radius 2 is 1.91 bits per heavy atom. The number of rotatable bonds is 9. The van der Waals surface area contributed by atoms with Crippen molar-refractivity contribution in [1.29, 1.82) is 0 Å². The Kier molecular flexibility index (Phi) is 9.26. The first-order chi connectivity index (χ1) is 16.2. The Morgan fingerprint density at radius 3 is 2.56 bits per heavy atom. The highest BCUT2D eigenvalue weighted by Gasteiger charge is 2.36. The largest absolute Gasteiger partial charge is 0.493 e. The number of nitrogens with zero attached hydrogens (tertiary/aromatic N) is 1. The predicted molar refractivity (Wildman–Crippen MR) is 140 cm³/mol.